The number of aromatic nitrogens is 2. The lowest BCUT2D eigenvalue weighted by Gasteiger charge is -2.18. The number of ketones is 1. The lowest BCUT2D eigenvalue weighted by molar-refractivity contribution is 0.103. The summed E-state index contributed by atoms with van der Waals surface area (Å²) in [5.41, 5.74) is 3.13. The molecule has 0 amide bonds. The smallest absolute Gasteiger partial charge is 0.266 e. The summed E-state index contributed by atoms with van der Waals surface area (Å²) < 4.78 is 1.40. The fourth-order valence-corrected chi connectivity index (χ4v) is 3.21. The second-order valence-corrected chi connectivity index (χ2v) is 6.27. The van der Waals surface area contributed by atoms with Crippen molar-refractivity contribution >= 4 is 22.4 Å². The third-order valence-electron chi connectivity index (χ3n) is 4.57. The first kappa shape index (κ1) is 15.5. The molecule has 4 rings (SSSR count). The number of anilines is 1. The standard InChI is InChI=1S/C19H17N3O3/c1-11-3-6-16-14(9-11)17(24)18-20-15-10-12(21(2)7-8-23)4-5-13(15)19(25)22(16)18/h3-6,9-10,23H,7-8H2,1-2H3. The third kappa shape index (κ3) is 2.26. The van der Waals surface area contributed by atoms with Gasteiger partial charge in [-0.3, -0.25) is 14.2 Å². The normalized spacial score (nSPS) is 12.4. The molecule has 1 N–H and O–H groups in total. The molecule has 1 aliphatic rings. The number of rotatable bonds is 3. The first-order chi connectivity index (χ1) is 12.0. The van der Waals surface area contributed by atoms with Gasteiger partial charge < -0.3 is 10.0 Å². The number of benzene rings is 2. The summed E-state index contributed by atoms with van der Waals surface area (Å²) in [6, 6.07) is 10.8. The number of fused-ring (bicyclic) bond motifs is 4. The highest BCUT2D eigenvalue weighted by Gasteiger charge is 2.30. The molecule has 1 aromatic heterocycles. The molecule has 0 saturated carbocycles. The van der Waals surface area contributed by atoms with Crippen LogP contribution < -0.4 is 10.5 Å². The predicted octanol–water partition coefficient (Wildman–Crippen LogP) is 1.67. The summed E-state index contributed by atoms with van der Waals surface area (Å²) in [5, 5.41) is 9.55. The second kappa shape index (κ2) is 5.53. The Labute approximate surface area is 144 Å². The van der Waals surface area contributed by atoms with Gasteiger partial charge in [-0.2, -0.15) is 0 Å². The number of aryl methyl sites for hydroxylation is 1. The molecule has 6 heteroatoms. The van der Waals surface area contributed by atoms with Crippen molar-refractivity contribution in [2.24, 2.45) is 0 Å². The molecule has 0 bridgehead atoms. The molecular weight excluding hydrogens is 318 g/mol. The molecule has 126 valence electrons. The molecule has 0 saturated heterocycles. The maximum atomic E-state index is 12.9. The minimum Gasteiger partial charge on any atom is -0.395 e. The number of hydrogen-bond donors (Lipinski definition) is 1. The van der Waals surface area contributed by atoms with E-state index in [0.29, 0.717) is 28.7 Å². The van der Waals surface area contributed by atoms with E-state index >= 15 is 0 Å². The van der Waals surface area contributed by atoms with Crippen molar-refractivity contribution in [2.45, 2.75) is 6.92 Å². The minimum absolute atomic E-state index is 0.0297. The van der Waals surface area contributed by atoms with Gasteiger partial charge in [-0.25, -0.2) is 4.98 Å². The number of hydrogen-bond acceptors (Lipinski definition) is 5. The zero-order valence-corrected chi connectivity index (χ0v) is 14.0. The fourth-order valence-electron chi connectivity index (χ4n) is 3.21. The molecule has 0 aliphatic carbocycles. The van der Waals surface area contributed by atoms with Crippen LogP contribution in [-0.4, -0.2) is 40.6 Å². The van der Waals surface area contributed by atoms with E-state index in [1.165, 1.54) is 4.57 Å². The van der Waals surface area contributed by atoms with Gasteiger partial charge in [0.25, 0.3) is 5.56 Å². The van der Waals surface area contributed by atoms with Crippen LogP contribution in [0.15, 0.2) is 41.2 Å². The van der Waals surface area contributed by atoms with E-state index in [1.54, 1.807) is 24.3 Å². The summed E-state index contributed by atoms with van der Waals surface area (Å²) in [7, 11) is 1.85. The maximum absolute atomic E-state index is 12.9. The van der Waals surface area contributed by atoms with Gasteiger partial charge >= 0.3 is 0 Å². The van der Waals surface area contributed by atoms with E-state index in [0.717, 1.165) is 11.3 Å². The number of likely N-dealkylation sites (N-methyl/N-ethyl adjacent to an activating group) is 1. The van der Waals surface area contributed by atoms with Crippen molar-refractivity contribution in [1.29, 1.82) is 0 Å². The lowest BCUT2D eigenvalue weighted by atomic mass is 10.1. The van der Waals surface area contributed by atoms with Crippen molar-refractivity contribution in [2.75, 3.05) is 25.1 Å². The van der Waals surface area contributed by atoms with Crippen molar-refractivity contribution in [1.82, 2.24) is 9.55 Å². The number of carbonyl (C=O) groups excluding carboxylic acids is 1. The molecule has 0 spiro atoms. The maximum Gasteiger partial charge on any atom is 0.266 e. The Morgan fingerprint density at radius 3 is 2.72 bits per heavy atom. The molecule has 3 aromatic rings. The quantitative estimate of drug-likeness (QED) is 0.616. The highest BCUT2D eigenvalue weighted by Crippen LogP contribution is 2.28. The van der Waals surface area contributed by atoms with E-state index in [9.17, 15) is 9.59 Å². The molecule has 0 unspecified atom stereocenters. The van der Waals surface area contributed by atoms with Crippen LogP contribution in [0.3, 0.4) is 0 Å². The Morgan fingerprint density at radius 1 is 1.16 bits per heavy atom. The molecule has 0 fully saturated rings. The Bertz CT molecular complexity index is 1090. The van der Waals surface area contributed by atoms with Crippen LogP contribution in [0, 0.1) is 6.92 Å². The molecule has 0 radical (unpaired) electrons. The van der Waals surface area contributed by atoms with E-state index in [-0.39, 0.29) is 23.8 Å². The molecule has 25 heavy (non-hydrogen) atoms. The summed E-state index contributed by atoms with van der Waals surface area (Å²) >= 11 is 0. The summed E-state index contributed by atoms with van der Waals surface area (Å²) in [4.78, 5) is 32.0. The summed E-state index contributed by atoms with van der Waals surface area (Å²) in [6.07, 6.45) is 0. The molecule has 2 heterocycles. The van der Waals surface area contributed by atoms with Crippen LogP contribution >= 0.6 is 0 Å². The Morgan fingerprint density at radius 2 is 1.96 bits per heavy atom. The predicted molar refractivity (Wildman–Crippen MR) is 95.9 cm³/mol. The zero-order chi connectivity index (χ0) is 17.7. The van der Waals surface area contributed by atoms with Crippen LogP contribution in [0.4, 0.5) is 5.69 Å². The van der Waals surface area contributed by atoms with Gasteiger partial charge in [0.15, 0.2) is 5.82 Å². The first-order valence-corrected chi connectivity index (χ1v) is 8.06. The summed E-state index contributed by atoms with van der Waals surface area (Å²) in [5.74, 6) is -0.0770. The number of nitrogens with zero attached hydrogens (tertiary/aromatic N) is 3. The van der Waals surface area contributed by atoms with Gasteiger partial charge in [0.1, 0.15) is 0 Å². The molecule has 1 aliphatic heterocycles. The van der Waals surface area contributed by atoms with Crippen molar-refractivity contribution in [3.05, 3.63) is 63.7 Å². The monoisotopic (exact) mass is 335 g/mol. The van der Waals surface area contributed by atoms with Crippen LogP contribution in [0.25, 0.3) is 16.6 Å². The number of aliphatic hydroxyl groups excluding tert-OH is 1. The summed E-state index contributed by atoms with van der Waals surface area (Å²) in [6.45, 7) is 2.41. The third-order valence-corrected chi connectivity index (χ3v) is 4.57. The lowest BCUT2D eigenvalue weighted by Crippen LogP contribution is -2.23. The fraction of sp³-hybridized carbons (Fsp3) is 0.211. The van der Waals surface area contributed by atoms with E-state index in [1.807, 2.05) is 31.0 Å². The second-order valence-electron chi connectivity index (χ2n) is 6.27. The van der Waals surface area contributed by atoms with Gasteiger partial charge in [-0.05, 0) is 37.3 Å². The van der Waals surface area contributed by atoms with Crippen molar-refractivity contribution < 1.29 is 9.90 Å². The average Bonchev–Trinajstić information content (AvgIpc) is 2.87. The zero-order valence-electron chi connectivity index (χ0n) is 14.0. The Kier molecular flexibility index (Phi) is 3.43. The van der Waals surface area contributed by atoms with Gasteiger partial charge in [-0.15, -0.1) is 0 Å². The minimum atomic E-state index is -0.243. The number of aliphatic hydroxyl groups is 1. The highest BCUT2D eigenvalue weighted by atomic mass is 16.3. The molecule has 0 atom stereocenters. The highest BCUT2D eigenvalue weighted by molar-refractivity contribution is 6.13. The van der Waals surface area contributed by atoms with Crippen molar-refractivity contribution in [3.8, 4) is 5.69 Å². The van der Waals surface area contributed by atoms with Gasteiger partial charge in [0, 0.05) is 19.3 Å². The molecular formula is C19H17N3O3. The van der Waals surface area contributed by atoms with E-state index in [4.69, 9.17) is 5.11 Å². The Hall–Kier alpha value is -2.99. The van der Waals surface area contributed by atoms with Gasteiger partial charge in [-0.1, -0.05) is 11.6 Å². The van der Waals surface area contributed by atoms with Gasteiger partial charge in [0.2, 0.25) is 5.78 Å². The average molecular weight is 335 g/mol. The molecule has 6 nitrogen and oxygen atoms in total. The van der Waals surface area contributed by atoms with E-state index < -0.39 is 0 Å². The van der Waals surface area contributed by atoms with Crippen LogP contribution in [0.2, 0.25) is 0 Å². The van der Waals surface area contributed by atoms with Crippen molar-refractivity contribution in [3.63, 3.8) is 0 Å². The van der Waals surface area contributed by atoms with Crippen LogP contribution in [0.5, 0.6) is 0 Å². The van der Waals surface area contributed by atoms with Crippen LogP contribution in [0.1, 0.15) is 21.7 Å². The SMILES string of the molecule is Cc1ccc2c(c1)C(=O)c1nc3cc(N(C)CCO)ccc3c(=O)n1-2. The van der Waals surface area contributed by atoms with Gasteiger partial charge in [0.05, 0.1) is 28.8 Å². The first-order valence-electron chi connectivity index (χ1n) is 8.06. The number of carbonyl (C=O) groups is 1. The Balaban J connectivity index is 1.96. The largest absolute Gasteiger partial charge is 0.395 e. The van der Waals surface area contributed by atoms with Crippen LogP contribution in [-0.2, 0) is 0 Å². The molecule has 2 aromatic carbocycles. The van der Waals surface area contributed by atoms with E-state index in [2.05, 4.69) is 4.98 Å². The topological polar surface area (TPSA) is 75.4 Å².